The first-order valence-electron chi connectivity index (χ1n) is 5.91. The van der Waals surface area contributed by atoms with Crippen molar-refractivity contribution < 1.29 is 8.42 Å². The number of imidazole rings is 1. The number of para-hydroxylation sites is 1. The van der Waals surface area contributed by atoms with E-state index in [-0.39, 0.29) is 11.6 Å². The number of aromatic nitrogens is 2. The van der Waals surface area contributed by atoms with Gasteiger partial charge in [-0.15, -0.1) is 0 Å². The van der Waals surface area contributed by atoms with E-state index in [4.69, 9.17) is 5.73 Å². The first-order valence-corrected chi connectivity index (χ1v) is 7.40. The van der Waals surface area contributed by atoms with Gasteiger partial charge in [0.15, 0.2) is 5.03 Å². The number of aryl methyl sites for hydroxylation is 1. The summed E-state index contributed by atoms with van der Waals surface area (Å²) in [7, 11) is -3.66. The van der Waals surface area contributed by atoms with Crippen LogP contribution in [0, 0.1) is 0 Å². The van der Waals surface area contributed by atoms with Gasteiger partial charge in [0.05, 0.1) is 11.9 Å². The van der Waals surface area contributed by atoms with Gasteiger partial charge in [-0.2, -0.15) is 8.42 Å². The lowest BCUT2D eigenvalue weighted by Crippen LogP contribution is -2.15. The maximum absolute atomic E-state index is 12.2. The molecule has 0 radical (unpaired) electrons. The highest BCUT2D eigenvalue weighted by Gasteiger charge is 2.18. The van der Waals surface area contributed by atoms with Crippen molar-refractivity contribution in [3.8, 4) is 0 Å². The van der Waals surface area contributed by atoms with Gasteiger partial charge in [-0.3, -0.25) is 4.72 Å². The van der Waals surface area contributed by atoms with Crippen LogP contribution in [0.2, 0.25) is 0 Å². The van der Waals surface area contributed by atoms with E-state index in [0.29, 0.717) is 17.9 Å². The quantitative estimate of drug-likeness (QED) is 0.766. The second kappa shape index (κ2) is 5.41. The SMILES string of the molecule is CCc1ncc(S(=O)(=O)Nc2ccccc2CN)[nH]1. The molecular formula is C12H16N4O2S. The summed E-state index contributed by atoms with van der Waals surface area (Å²) >= 11 is 0. The highest BCUT2D eigenvalue weighted by molar-refractivity contribution is 7.92. The first kappa shape index (κ1) is 13.6. The van der Waals surface area contributed by atoms with Crippen LogP contribution in [-0.4, -0.2) is 18.4 Å². The molecule has 0 unspecified atom stereocenters. The molecule has 19 heavy (non-hydrogen) atoms. The van der Waals surface area contributed by atoms with Crippen molar-refractivity contribution in [3.05, 3.63) is 41.9 Å². The number of nitrogens with one attached hydrogen (secondary N) is 2. The maximum atomic E-state index is 12.2. The van der Waals surface area contributed by atoms with Gasteiger partial charge < -0.3 is 10.7 Å². The minimum absolute atomic E-state index is 0.0520. The molecule has 102 valence electrons. The highest BCUT2D eigenvalue weighted by atomic mass is 32.2. The molecule has 2 rings (SSSR count). The van der Waals surface area contributed by atoms with Gasteiger partial charge in [0.2, 0.25) is 0 Å². The Balaban J connectivity index is 2.31. The van der Waals surface area contributed by atoms with Crippen molar-refractivity contribution >= 4 is 15.7 Å². The van der Waals surface area contributed by atoms with Crippen molar-refractivity contribution in [2.24, 2.45) is 5.73 Å². The summed E-state index contributed by atoms with van der Waals surface area (Å²) in [6, 6.07) is 7.02. The minimum atomic E-state index is -3.66. The van der Waals surface area contributed by atoms with Crippen LogP contribution in [0.3, 0.4) is 0 Å². The fraction of sp³-hybridized carbons (Fsp3) is 0.250. The summed E-state index contributed by atoms with van der Waals surface area (Å²) < 4.78 is 26.9. The Morgan fingerprint density at radius 2 is 2.11 bits per heavy atom. The number of nitrogens with two attached hydrogens (primary N) is 1. The van der Waals surface area contributed by atoms with Gasteiger partial charge in [0, 0.05) is 13.0 Å². The van der Waals surface area contributed by atoms with Crippen molar-refractivity contribution in [2.75, 3.05) is 4.72 Å². The lowest BCUT2D eigenvalue weighted by atomic mass is 10.2. The van der Waals surface area contributed by atoms with Gasteiger partial charge in [-0.1, -0.05) is 25.1 Å². The number of benzene rings is 1. The van der Waals surface area contributed by atoms with E-state index in [1.165, 1.54) is 6.20 Å². The molecule has 0 aliphatic rings. The van der Waals surface area contributed by atoms with E-state index < -0.39 is 10.0 Å². The van der Waals surface area contributed by atoms with Crippen molar-refractivity contribution in [2.45, 2.75) is 24.9 Å². The zero-order chi connectivity index (χ0) is 13.9. The van der Waals surface area contributed by atoms with E-state index in [0.717, 1.165) is 5.56 Å². The molecule has 1 aromatic heterocycles. The minimum Gasteiger partial charge on any atom is -0.332 e. The van der Waals surface area contributed by atoms with Crippen LogP contribution in [0.4, 0.5) is 5.69 Å². The van der Waals surface area contributed by atoms with E-state index >= 15 is 0 Å². The molecule has 1 aromatic carbocycles. The van der Waals surface area contributed by atoms with Crippen LogP contribution in [0.15, 0.2) is 35.5 Å². The molecule has 0 aliphatic heterocycles. The molecular weight excluding hydrogens is 264 g/mol. The zero-order valence-electron chi connectivity index (χ0n) is 10.6. The van der Waals surface area contributed by atoms with Crippen LogP contribution in [0.5, 0.6) is 0 Å². The second-order valence-electron chi connectivity index (χ2n) is 4.01. The number of aromatic amines is 1. The summed E-state index contributed by atoms with van der Waals surface area (Å²) in [5.41, 5.74) is 6.80. The Bertz CT molecular complexity index is 664. The molecule has 0 bridgehead atoms. The average molecular weight is 280 g/mol. The normalized spacial score (nSPS) is 11.5. The number of nitrogens with zero attached hydrogens (tertiary/aromatic N) is 1. The first-order chi connectivity index (χ1) is 9.06. The molecule has 0 saturated heterocycles. The van der Waals surface area contributed by atoms with Crippen LogP contribution >= 0.6 is 0 Å². The second-order valence-corrected chi connectivity index (χ2v) is 5.67. The molecule has 1 heterocycles. The van der Waals surface area contributed by atoms with Gasteiger partial charge in [0.1, 0.15) is 5.82 Å². The Hall–Kier alpha value is -1.86. The third-order valence-electron chi connectivity index (χ3n) is 2.71. The van der Waals surface area contributed by atoms with Gasteiger partial charge in [-0.25, -0.2) is 4.98 Å². The van der Waals surface area contributed by atoms with E-state index in [2.05, 4.69) is 14.7 Å². The fourth-order valence-electron chi connectivity index (χ4n) is 1.66. The molecule has 2 aromatic rings. The molecule has 0 atom stereocenters. The number of hydrogen-bond acceptors (Lipinski definition) is 4. The van der Waals surface area contributed by atoms with Crippen molar-refractivity contribution in [1.29, 1.82) is 0 Å². The molecule has 6 nitrogen and oxygen atoms in total. The highest BCUT2D eigenvalue weighted by Crippen LogP contribution is 2.18. The number of anilines is 1. The Kier molecular flexibility index (Phi) is 3.87. The summed E-state index contributed by atoms with van der Waals surface area (Å²) in [5, 5.41) is 0.0520. The number of H-pyrrole nitrogens is 1. The van der Waals surface area contributed by atoms with Gasteiger partial charge >= 0.3 is 0 Å². The van der Waals surface area contributed by atoms with Crippen LogP contribution in [0.25, 0.3) is 0 Å². The molecule has 0 spiro atoms. The summed E-state index contributed by atoms with van der Waals surface area (Å²) in [4.78, 5) is 6.75. The van der Waals surface area contributed by atoms with E-state index in [9.17, 15) is 8.42 Å². The third kappa shape index (κ3) is 2.94. The lowest BCUT2D eigenvalue weighted by Gasteiger charge is -2.10. The predicted molar refractivity (Wildman–Crippen MR) is 73.1 cm³/mol. The average Bonchev–Trinajstić information content (AvgIpc) is 2.88. The molecule has 0 aliphatic carbocycles. The Labute approximate surface area is 112 Å². The molecule has 0 saturated carbocycles. The zero-order valence-corrected chi connectivity index (χ0v) is 11.4. The summed E-state index contributed by atoms with van der Waals surface area (Å²) in [6.45, 7) is 2.16. The van der Waals surface area contributed by atoms with Crippen LogP contribution < -0.4 is 10.5 Å². The number of sulfonamides is 1. The molecule has 0 fully saturated rings. The summed E-state index contributed by atoms with van der Waals surface area (Å²) in [5.74, 6) is 0.632. The van der Waals surface area contributed by atoms with Crippen LogP contribution in [-0.2, 0) is 23.0 Å². The van der Waals surface area contributed by atoms with Crippen molar-refractivity contribution in [1.82, 2.24) is 9.97 Å². The molecule has 7 heteroatoms. The lowest BCUT2D eigenvalue weighted by molar-refractivity contribution is 0.598. The third-order valence-corrected chi connectivity index (χ3v) is 3.99. The number of hydrogen-bond donors (Lipinski definition) is 3. The van der Waals surface area contributed by atoms with Crippen molar-refractivity contribution in [3.63, 3.8) is 0 Å². The monoisotopic (exact) mass is 280 g/mol. The largest absolute Gasteiger partial charge is 0.332 e. The molecule has 0 amide bonds. The Morgan fingerprint density at radius 1 is 1.37 bits per heavy atom. The fourth-order valence-corrected chi connectivity index (χ4v) is 2.70. The topological polar surface area (TPSA) is 101 Å². The predicted octanol–water partition coefficient (Wildman–Crippen LogP) is 1.23. The maximum Gasteiger partial charge on any atom is 0.278 e. The van der Waals surface area contributed by atoms with E-state index in [1.807, 2.05) is 13.0 Å². The van der Waals surface area contributed by atoms with Gasteiger partial charge in [0.25, 0.3) is 10.0 Å². The van der Waals surface area contributed by atoms with Crippen LogP contribution in [0.1, 0.15) is 18.3 Å². The smallest absolute Gasteiger partial charge is 0.278 e. The Morgan fingerprint density at radius 3 is 2.74 bits per heavy atom. The van der Waals surface area contributed by atoms with Gasteiger partial charge in [-0.05, 0) is 11.6 Å². The number of rotatable bonds is 5. The standard InChI is InChI=1S/C12H16N4O2S/c1-2-11-14-8-12(15-11)19(17,18)16-10-6-4-3-5-9(10)7-13/h3-6,8,16H,2,7,13H2,1H3,(H,14,15). The summed E-state index contributed by atoms with van der Waals surface area (Å²) in [6.07, 6.45) is 1.96. The molecule has 4 N–H and O–H groups in total. The van der Waals surface area contributed by atoms with E-state index in [1.54, 1.807) is 18.2 Å².